The van der Waals surface area contributed by atoms with Crippen molar-refractivity contribution in [3.63, 3.8) is 0 Å². The molecule has 3 N–H and O–H groups in total. The number of ether oxygens (including phenoxy) is 3. The standard InChI is InChI=1S/C26H20O9/c1-32-19-6-4-13(7-16(19)28)20-10-17(29)25-18(30)11-22-24(26(25)35-20)14(9-23(31)34-22)12-3-5-15(27)21(8-12)33-2/h3-8,10-11,14,27-28,30H,9H2,1-2H3/t14-/m1/s1. The molecule has 35 heavy (non-hydrogen) atoms. The van der Waals surface area contributed by atoms with Crippen LogP contribution in [0.3, 0.4) is 0 Å². The molecule has 0 saturated heterocycles. The van der Waals surface area contributed by atoms with E-state index in [0.717, 1.165) is 0 Å². The van der Waals surface area contributed by atoms with Crippen molar-refractivity contribution in [3.8, 4) is 45.8 Å². The van der Waals surface area contributed by atoms with Crippen LogP contribution in [0.2, 0.25) is 0 Å². The first-order valence-corrected chi connectivity index (χ1v) is 10.6. The van der Waals surface area contributed by atoms with Gasteiger partial charge in [0.15, 0.2) is 28.4 Å². The van der Waals surface area contributed by atoms with Gasteiger partial charge >= 0.3 is 5.97 Å². The lowest BCUT2D eigenvalue weighted by Gasteiger charge is -2.26. The number of rotatable bonds is 4. The van der Waals surface area contributed by atoms with Crippen molar-refractivity contribution in [1.82, 2.24) is 0 Å². The number of esters is 1. The van der Waals surface area contributed by atoms with Crippen LogP contribution in [-0.2, 0) is 4.79 Å². The van der Waals surface area contributed by atoms with Crippen LogP contribution in [-0.4, -0.2) is 35.5 Å². The lowest BCUT2D eigenvalue weighted by Crippen LogP contribution is -2.22. The summed E-state index contributed by atoms with van der Waals surface area (Å²) < 4.78 is 21.8. The summed E-state index contributed by atoms with van der Waals surface area (Å²) in [5.74, 6) is -1.12. The van der Waals surface area contributed by atoms with Crippen LogP contribution in [0.4, 0.5) is 0 Å². The Morgan fingerprint density at radius 3 is 2.34 bits per heavy atom. The Bertz CT molecular complexity index is 1550. The largest absolute Gasteiger partial charge is 0.507 e. The molecule has 0 aliphatic carbocycles. The fourth-order valence-electron chi connectivity index (χ4n) is 4.34. The second kappa shape index (κ2) is 8.28. The SMILES string of the molecule is COc1ccc(-c2cc(=O)c3c(O)cc4c(c3o2)[C@@H](c2ccc(O)c(OC)c2)CC(=O)O4)cc1O. The third-order valence-corrected chi connectivity index (χ3v) is 5.99. The van der Waals surface area contributed by atoms with Gasteiger partial charge in [0.1, 0.15) is 28.2 Å². The molecular formula is C26H20O9. The van der Waals surface area contributed by atoms with Crippen molar-refractivity contribution >= 4 is 16.9 Å². The van der Waals surface area contributed by atoms with Crippen molar-refractivity contribution in [2.45, 2.75) is 12.3 Å². The summed E-state index contributed by atoms with van der Waals surface area (Å²) in [6, 6.07) is 11.6. The number of carbonyl (C=O) groups excluding carboxylic acids is 1. The van der Waals surface area contributed by atoms with E-state index < -0.39 is 23.1 Å². The average Bonchev–Trinajstić information content (AvgIpc) is 2.83. The minimum absolute atomic E-state index is 0.0438. The lowest BCUT2D eigenvalue weighted by molar-refractivity contribution is -0.135. The monoisotopic (exact) mass is 476 g/mol. The summed E-state index contributed by atoms with van der Waals surface area (Å²) in [4.78, 5) is 25.5. The van der Waals surface area contributed by atoms with Crippen molar-refractivity contribution in [3.05, 3.63) is 69.9 Å². The summed E-state index contributed by atoms with van der Waals surface area (Å²) in [7, 11) is 2.82. The zero-order valence-corrected chi connectivity index (χ0v) is 18.7. The number of fused-ring (bicyclic) bond motifs is 3. The van der Waals surface area contributed by atoms with E-state index in [2.05, 4.69) is 0 Å². The van der Waals surface area contributed by atoms with Gasteiger partial charge in [0, 0.05) is 29.2 Å². The molecular weight excluding hydrogens is 456 g/mol. The molecule has 9 heteroatoms. The van der Waals surface area contributed by atoms with Crippen LogP contribution in [0.1, 0.15) is 23.5 Å². The first kappa shape index (κ1) is 22.1. The first-order chi connectivity index (χ1) is 16.8. The zero-order valence-electron chi connectivity index (χ0n) is 18.7. The van der Waals surface area contributed by atoms with Crippen LogP contribution in [0, 0.1) is 0 Å². The fraction of sp³-hybridized carbons (Fsp3) is 0.154. The Kier molecular flexibility index (Phi) is 5.24. The van der Waals surface area contributed by atoms with Crippen LogP contribution >= 0.6 is 0 Å². The normalized spacial score (nSPS) is 14.9. The molecule has 5 rings (SSSR count). The fourth-order valence-corrected chi connectivity index (χ4v) is 4.34. The predicted octanol–water partition coefficient (Wildman–Crippen LogP) is 4.04. The molecule has 2 heterocycles. The minimum atomic E-state index is -0.619. The van der Waals surface area contributed by atoms with Crippen molar-refractivity contribution in [2.24, 2.45) is 0 Å². The number of carbonyl (C=O) groups is 1. The van der Waals surface area contributed by atoms with Gasteiger partial charge in [-0.25, -0.2) is 0 Å². The smallest absolute Gasteiger partial charge is 0.312 e. The molecule has 0 amide bonds. The number of hydrogen-bond acceptors (Lipinski definition) is 9. The van der Waals surface area contributed by atoms with Crippen LogP contribution < -0.4 is 19.6 Å². The van der Waals surface area contributed by atoms with Gasteiger partial charge in [-0.1, -0.05) is 6.07 Å². The molecule has 178 valence electrons. The highest BCUT2D eigenvalue weighted by molar-refractivity contribution is 5.93. The summed E-state index contributed by atoms with van der Waals surface area (Å²) in [6.45, 7) is 0. The Morgan fingerprint density at radius 1 is 0.857 bits per heavy atom. The quantitative estimate of drug-likeness (QED) is 0.295. The van der Waals surface area contributed by atoms with E-state index in [1.165, 1.54) is 44.6 Å². The molecule has 1 atom stereocenters. The number of phenols is 3. The van der Waals surface area contributed by atoms with Crippen molar-refractivity contribution < 1.29 is 38.7 Å². The molecule has 0 spiro atoms. The lowest BCUT2D eigenvalue weighted by atomic mass is 9.85. The van der Waals surface area contributed by atoms with Crippen molar-refractivity contribution in [1.29, 1.82) is 0 Å². The van der Waals surface area contributed by atoms with Crippen LogP contribution in [0.5, 0.6) is 34.5 Å². The first-order valence-electron chi connectivity index (χ1n) is 10.6. The van der Waals surface area contributed by atoms with E-state index in [1.54, 1.807) is 18.2 Å². The number of methoxy groups -OCH3 is 2. The second-order valence-corrected chi connectivity index (χ2v) is 8.04. The minimum Gasteiger partial charge on any atom is -0.507 e. The van der Waals surface area contributed by atoms with Gasteiger partial charge in [-0.15, -0.1) is 0 Å². The Labute approximate surface area is 198 Å². The van der Waals surface area contributed by atoms with Crippen molar-refractivity contribution in [2.75, 3.05) is 14.2 Å². The summed E-state index contributed by atoms with van der Waals surface area (Å²) in [5, 5.41) is 30.7. The second-order valence-electron chi connectivity index (χ2n) is 8.04. The number of hydrogen-bond donors (Lipinski definition) is 3. The van der Waals surface area contributed by atoms with E-state index in [9.17, 15) is 24.9 Å². The maximum atomic E-state index is 13.1. The highest BCUT2D eigenvalue weighted by atomic mass is 16.5. The summed E-state index contributed by atoms with van der Waals surface area (Å²) in [5.41, 5.74) is 0.926. The molecule has 4 aromatic rings. The van der Waals surface area contributed by atoms with E-state index >= 15 is 0 Å². The predicted molar refractivity (Wildman–Crippen MR) is 125 cm³/mol. The summed E-state index contributed by atoms with van der Waals surface area (Å²) >= 11 is 0. The molecule has 1 aromatic heterocycles. The van der Waals surface area contributed by atoms with Gasteiger partial charge < -0.3 is 33.9 Å². The molecule has 0 unspecified atom stereocenters. The van der Waals surface area contributed by atoms with Gasteiger partial charge in [0.2, 0.25) is 0 Å². The highest BCUT2D eigenvalue weighted by Crippen LogP contribution is 2.47. The Morgan fingerprint density at radius 2 is 1.63 bits per heavy atom. The molecule has 0 radical (unpaired) electrons. The number of phenolic OH excluding ortho intramolecular Hbond substituents is 3. The van der Waals surface area contributed by atoms with E-state index in [4.69, 9.17) is 18.6 Å². The molecule has 9 nitrogen and oxygen atoms in total. The molecule has 0 bridgehead atoms. The van der Waals surface area contributed by atoms with Gasteiger partial charge in [0.25, 0.3) is 0 Å². The highest BCUT2D eigenvalue weighted by Gasteiger charge is 2.34. The summed E-state index contributed by atoms with van der Waals surface area (Å²) in [6.07, 6.45) is -0.0714. The zero-order chi connectivity index (χ0) is 24.9. The third kappa shape index (κ3) is 3.67. The number of aromatic hydroxyl groups is 3. The maximum absolute atomic E-state index is 13.1. The molecule has 1 aliphatic heterocycles. The molecule has 3 aromatic carbocycles. The average molecular weight is 476 g/mol. The third-order valence-electron chi connectivity index (χ3n) is 5.99. The molecule has 0 fully saturated rings. The van der Waals surface area contributed by atoms with Gasteiger partial charge in [-0.05, 0) is 35.9 Å². The maximum Gasteiger partial charge on any atom is 0.312 e. The van der Waals surface area contributed by atoms with Gasteiger partial charge in [0.05, 0.1) is 20.6 Å². The van der Waals surface area contributed by atoms with E-state index in [0.29, 0.717) is 16.7 Å². The van der Waals surface area contributed by atoms with Crippen LogP contribution in [0.25, 0.3) is 22.3 Å². The van der Waals surface area contributed by atoms with Gasteiger partial charge in [-0.2, -0.15) is 0 Å². The Balaban J connectivity index is 1.79. The topological polar surface area (TPSA) is 136 Å². The Hall–Kier alpha value is -4.66. The van der Waals surface area contributed by atoms with Crippen LogP contribution in [0.15, 0.2) is 57.7 Å². The van der Waals surface area contributed by atoms with Gasteiger partial charge in [-0.3, -0.25) is 9.59 Å². The molecule has 1 aliphatic rings. The number of benzene rings is 3. The van der Waals surface area contributed by atoms with E-state index in [1.807, 2.05) is 0 Å². The molecule has 0 saturated carbocycles. The van der Waals surface area contributed by atoms with E-state index in [-0.39, 0.29) is 51.9 Å².